The molecule has 7 nitrogen and oxygen atoms in total. The third-order valence-corrected chi connectivity index (χ3v) is 3.07. The molecule has 7 heteroatoms. The summed E-state index contributed by atoms with van der Waals surface area (Å²) in [6, 6.07) is 0. The Bertz CT molecular complexity index is 509. The van der Waals surface area contributed by atoms with Gasteiger partial charge in [0.05, 0.1) is 13.2 Å². The van der Waals surface area contributed by atoms with Gasteiger partial charge in [0.1, 0.15) is 0 Å². The zero-order chi connectivity index (χ0) is 17.6. The lowest BCUT2D eigenvalue weighted by atomic mass is 10.1. The zero-order valence-electron chi connectivity index (χ0n) is 13.6. The van der Waals surface area contributed by atoms with E-state index in [1.807, 2.05) is 0 Å². The molecule has 0 N–H and O–H groups in total. The highest BCUT2D eigenvalue weighted by Gasteiger charge is 2.42. The van der Waals surface area contributed by atoms with Crippen LogP contribution in [0.2, 0.25) is 0 Å². The van der Waals surface area contributed by atoms with Crippen LogP contribution in [0.1, 0.15) is 27.2 Å². The van der Waals surface area contributed by atoms with Crippen molar-refractivity contribution in [1.82, 2.24) is 0 Å². The summed E-state index contributed by atoms with van der Waals surface area (Å²) in [7, 11) is 0. The molecule has 1 aliphatic heterocycles. The van der Waals surface area contributed by atoms with Gasteiger partial charge in [-0.05, 0) is 13.8 Å². The van der Waals surface area contributed by atoms with Gasteiger partial charge in [0, 0.05) is 17.6 Å². The van der Waals surface area contributed by atoms with Crippen molar-refractivity contribution in [3.8, 4) is 0 Å². The molecular weight excluding hydrogens is 304 g/mol. The van der Waals surface area contributed by atoms with Crippen LogP contribution in [-0.2, 0) is 33.3 Å². The normalized spacial score (nSPS) is 23.5. The van der Waals surface area contributed by atoms with E-state index in [9.17, 15) is 14.4 Å². The Morgan fingerprint density at radius 1 is 0.957 bits per heavy atom. The molecule has 0 bridgehead atoms. The Kier molecular flexibility index (Phi) is 6.96. The predicted molar refractivity (Wildman–Crippen MR) is 80.4 cm³/mol. The summed E-state index contributed by atoms with van der Waals surface area (Å²) in [5.41, 5.74) is 0.379. The molecule has 1 rings (SSSR count). The zero-order valence-corrected chi connectivity index (χ0v) is 13.6. The van der Waals surface area contributed by atoms with Crippen LogP contribution in [-0.4, -0.2) is 49.4 Å². The lowest BCUT2D eigenvalue weighted by Crippen LogP contribution is -2.53. The van der Waals surface area contributed by atoms with E-state index in [-0.39, 0.29) is 30.8 Å². The van der Waals surface area contributed by atoms with Crippen LogP contribution >= 0.6 is 0 Å². The van der Waals surface area contributed by atoms with Crippen LogP contribution in [0, 0.1) is 0 Å². The second kappa shape index (κ2) is 8.47. The number of carbonyl (C=O) groups is 3. The molecule has 0 aromatic heterocycles. The van der Waals surface area contributed by atoms with Crippen LogP contribution in [0.15, 0.2) is 24.3 Å². The summed E-state index contributed by atoms with van der Waals surface area (Å²) in [6.07, 6.45) is -2.56. The van der Waals surface area contributed by atoms with E-state index in [4.69, 9.17) is 18.9 Å². The Morgan fingerprint density at radius 2 is 1.43 bits per heavy atom. The minimum absolute atomic E-state index is 0.0212. The second-order valence-corrected chi connectivity index (χ2v) is 5.29. The van der Waals surface area contributed by atoms with E-state index in [0.717, 1.165) is 0 Å². The average molecular weight is 326 g/mol. The van der Waals surface area contributed by atoms with Crippen molar-refractivity contribution in [2.75, 3.05) is 13.2 Å². The topological polar surface area (TPSA) is 88.1 Å². The third kappa shape index (κ3) is 5.52. The number of ether oxygens (including phenoxy) is 4. The highest BCUT2D eigenvalue weighted by Crippen LogP contribution is 2.21. The fraction of sp³-hybridized carbons (Fsp3) is 0.562. The first-order valence-electron chi connectivity index (χ1n) is 7.26. The molecule has 1 fully saturated rings. The third-order valence-electron chi connectivity index (χ3n) is 3.07. The van der Waals surface area contributed by atoms with Crippen molar-refractivity contribution in [2.24, 2.45) is 0 Å². The van der Waals surface area contributed by atoms with Gasteiger partial charge in [-0.25, -0.2) is 9.59 Å². The van der Waals surface area contributed by atoms with Gasteiger partial charge >= 0.3 is 17.9 Å². The van der Waals surface area contributed by atoms with Gasteiger partial charge in [-0.1, -0.05) is 20.1 Å². The van der Waals surface area contributed by atoms with Crippen LogP contribution in [0.5, 0.6) is 0 Å². The minimum Gasteiger partial charge on any atom is -0.456 e. The van der Waals surface area contributed by atoms with Crippen molar-refractivity contribution in [1.29, 1.82) is 0 Å². The van der Waals surface area contributed by atoms with E-state index in [0.29, 0.717) is 0 Å². The summed E-state index contributed by atoms with van der Waals surface area (Å²) < 4.78 is 21.0. The van der Waals surface area contributed by atoms with Crippen LogP contribution < -0.4 is 0 Å². The Hall–Kier alpha value is -2.15. The monoisotopic (exact) mass is 326 g/mol. The molecule has 1 saturated heterocycles. The molecule has 0 aromatic carbocycles. The maximum absolute atomic E-state index is 11.8. The van der Waals surface area contributed by atoms with Crippen molar-refractivity contribution in [3.63, 3.8) is 0 Å². The molecule has 0 aliphatic carbocycles. The quantitative estimate of drug-likeness (QED) is 0.413. The van der Waals surface area contributed by atoms with Gasteiger partial charge in [0.15, 0.2) is 18.3 Å². The molecule has 3 atom stereocenters. The number of hydrogen-bond acceptors (Lipinski definition) is 7. The SMILES string of the molecule is C=C(C)C(=O)O[C@@H]1[C@H](OC(=O)CC)COC[C@H]1OC(=O)C(=C)C. The molecule has 23 heavy (non-hydrogen) atoms. The summed E-state index contributed by atoms with van der Waals surface area (Å²) >= 11 is 0. The first kappa shape index (κ1) is 18.9. The highest BCUT2D eigenvalue weighted by atomic mass is 16.6. The molecule has 0 amide bonds. The van der Waals surface area contributed by atoms with E-state index in [2.05, 4.69) is 13.2 Å². The smallest absolute Gasteiger partial charge is 0.333 e. The summed E-state index contributed by atoms with van der Waals surface area (Å²) in [5, 5.41) is 0. The molecule has 0 spiro atoms. The number of carbonyl (C=O) groups excluding carboxylic acids is 3. The molecule has 128 valence electrons. The molecule has 0 aromatic rings. The van der Waals surface area contributed by atoms with Crippen molar-refractivity contribution < 1.29 is 33.3 Å². The van der Waals surface area contributed by atoms with Gasteiger partial charge in [-0.2, -0.15) is 0 Å². The van der Waals surface area contributed by atoms with Gasteiger partial charge in [0.25, 0.3) is 0 Å². The summed E-state index contributed by atoms with van der Waals surface area (Å²) in [4.78, 5) is 35.1. The first-order chi connectivity index (χ1) is 10.8. The fourth-order valence-electron chi connectivity index (χ4n) is 1.80. The molecule has 1 heterocycles. The molecule has 0 saturated carbocycles. The van der Waals surface area contributed by atoms with Gasteiger partial charge < -0.3 is 18.9 Å². The van der Waals surface area contributed by atoms with Gasteiger partial charge in [0.2, 0.25) is 0 Å². The summed E-state index contributed by atoms with van der Waals surface area (Å²) in [6.45, 7) is 11.7. The predicted octanol–water partition coefficient (Wildman–Crippen LogP) is 1.31. The van der Waals surface area contributed by atoms with Crippen molar-refractivity contribution >= 4 is 17.9 Å². The Labute approximate surface area is 135 Å². The van der Waals surface area contributed by atoms with Gasteiger partial charge in [-0.3, -0.25) is 4.79 Å². The van der Waals surface area contributed by atoms with E-state index >= 15 is 0 Å². The summed E-state index contributed by atoms with van der Waals surface area (Å²) in [5.74, 6) is -1.77. The number of esters is 3. The number of rotatable bonds is 6. The minimum atomic E-state index is -0.966. The molecule has 1 aliphatic rings. The van der Waals surface area contributed by atoms with Crippen molar-refractivity contribution in [3.05, 3.63) is 24.3 Å². The maximum Gasteiger partial charge on any atom is 0.333 e. The molecular formula is C16H22O7. The molecule has 0 unspecified atom stereocenters. The standard InChI is InChI=1S/C16H22O7/c1-6-13(17)21-11-7-20-8-12(22-15(18)9(2)3)14(11)23-16(19)10(4)5/h11-12,14H,2,4,6-8H2,1,3,5H3/t11-,12-,14-/m1/s1. The lowest BCUT2D eigenvalue weighted by Gasteiger charge is -2.36. The Balaban J connectivity index is 2.93. The van der Waals surface area contributed by atoms with E-state index < -0.39 is 36.2 Å². The largest absolute Gasteiger partial charge is 0.456 e. The second-order valence-electron chi connectivity index (χ2n) is 5.29. The van der Waals surface area contributed by atoms with Crippen LogP contribution in [0.3, 0.4) is 0 Å². The Morgan fingerprint density at radius 3 is 1.91 bits per heavy atom. The lowest BCUT2D eigenvalue weighted by molar-refractivity contribution is -0.207. The van der Waals surface area contributed by atoms with Crippen LogP contribution in [0.25, 0.3) is 0 Å². The van der Waals surface area contributed by atoms with Crippen molar-refractivity contribution in [2.45, 2.75) is 45.5 Å². The highest BCUT2D eigenvalue weighted by molar-refractivity contribution is 5.88. The first-order valence-corrected chi connectivity index (χ1v) is 7.26. The van der Waals surface area contributed by atoms with E-state index in [1.54, 1.807) is 6.92 Å². The van der Waals surface area contributed by atoms with Gasteiger partial charge in [-0.15, -0.1) is 0 Å². The number of hydrogen-bond donors (Lipinski definition) is 0. The fourth-order valence-corrected chi connectivity index (χ4v) is 1.80. The molecule has 0 radical (unpaired) electrons. The average Bonchev–Trinajstić information content (AvgIpc) is 2.49. The van der Waals surface area contributed by atoms with E-state index in [1.165, 1.54) is 13.8 Å². The maximum atomic E-state index is 11.8. The van der Waals surface area contributed by atoms with Crippen LogP contribution in [0.4, 0.5) is 0 Å².